The van der Waals surface area contributed by atoms with E-state index in [9.17, 15) is 29.1 Å². The lowest BCUT2D eigenvalue weighted by atomic mass is 9.89. The second-order valence-electron chi connectivity index (χ2n) is 15.2. The lowest BCUT2D eigenvalue weighted by Gasteiger charge is -2.41. The van der Waals surface area contributed by atoms with Crippen LogP contribution in [0.1, 0.15) is 79.7 Å². The number of nitrogens with zero attached hydrogens (tertiary/aromatic N) is 2. The zero-order valence-electron chi connectivity index (χ0n) is 33.8. The molecule has 2 rings (SSSR count). The van der Waals surface area contributed by atoms with Gasteiger partial charge in [0.2, 0.25) is 23.6 Å². The van der Waals surface area contributed by atoms with Crippen molar-refractivity contribution in [1.82, 2.24) is 25.8 Å². The number of hydrogen-bond donors (Lipinski definition) is 4. The number of ether oxygens (including phenoxy) is 2. The van der Waals surface area contributed by atoms with Crippen molar-refractivity contribution in [2.75, 3.05) is 34.9 Å². The average Bonchev–Trinajstić information content (AvgIpc) is 3.60. The molecule has 0 spiro atoms. The number of carboxylic acid groups (broad SMARTS) is 1. The Labute approximate surface area is 331 Å². The highest BCUT2D eigenvalue weighted by Gasteiger charge is 2.43. The predicted molar refractivity (Wildman–Crippen MR) is 210 cm³/mol. The van der Waals surface area contributed by atoms with Crippen molar-refractivity contribution in [1.29, 1.82) is 0 Å². The molecule has 4 N–H and O–H groups in total. The lowest BCUT2D eigenvalue weighted by Crippen LogP contribution is -2.59. The average molecular weight is 801 g/mol. The molecule has 15 heteroatoms. The zero-order valence-corrected chi connectivity index (χ0v) is 35.3. The summed E-state index contributed by atoms with van der Waals surface area (Å²) >= 11 is 12.3. The summed E-state index contributed by atoms with van der Waals surface area (Å²) in [7, 11) is 6.40. The van der Waals surface area contributed by atoms with E-state index in [-0.39, 0.29) is 48.3 Å². The Hall–Kier alpha value is -2.97. The van der Waals surface area contributed by atoms with Crippen molar-refractivity contribution in [3.8, 4) is 0 Å². The van der Waals surface area contributed by atoms with Crippen LogP contribution in [0.25, 0.3) is 0 Å². The molecule has 1 aromatic rings. The van der Waals surface area contributed by atoms with Crippen molar-refractivity contribution in [3.05, 3.63) is 33.8 Å². The van der Waals surface area contributed by atoms with Crippen LogP contribution in [0.15, 0.2) is 18.2 Å². The first-order valence-corrected chi connectivity index (χ1v) is 19.7. The third kappa shape index (κ3) is 12.3. The number of carbonyl (C=O) groups excluding carboxylic acids is 4. The smallest absolute Gasteiger partial charge is 0.326 e. The second-order valence-corrected chi connectivity index (χ2v) is 16.0. The largest absolute Gasteiger partial charge is 0.480 e. The summed E-state index contributed by atoms with van der Waals surface area (Å²) < 4.78 is 11.8. The molecule has 1 aliphatic heterocycles. The van der Waals surface area contributed by atoms with E-state index in [4.69, 9.17) is 32.7 Å². The maximum atomic E-state index is 14.2. The third-order valence-corrected chi connectivity index (χ3v) is 11.4. The Morgan fingerprint density at radius 3 is 2.09 bits per heavy atom. The normalized spacial score (nSPS) is 19.0. The molecule has 0 saturated carbocycles. The highest BCUT2D eigenvalue weighted by Crippen LogP contribution is 2.30. The fourth-order valence-corrected chi connectivity index (χ4v) is 7.95. The molecule has 1 heterocycles. The first-order chi connectivity index (χ1) is 25.3. The van der Waals surface area contributed by atoms with Crippen LogP contribution in [0.4, 0.5) is 0 Å². The van der Waals surface area contributed by atoms with Gasteiger partial charge in [0.25, 0.3) is 0 Å². The summed E-state index contributed by atoms with van der Waals surface area (Å²) in [6.07, 6.45) is 0.468. The fraction of sp³-hybridized carbons (Fsp3) is 0.718. The third-order valence-electron chi connectivity index (χ3n) is 10.8. The molecule has 0 bridgehead atoms. The molecular formula is C39H63Cl2N5O8. The van der Waals surface area contributed by atoms with Gasteiger partial charge >= 0.3 is 5.97 Å². The minimum atomic E-state index is -1.26. The standard InChI is InChI=1S/C39H63Cl2N5O8/c1-12-23(6)34(45(9)38(50)33(22(4)5)44-37(49)32(42-8)21(2)3)30(53-10)20-31(47)46-17-13-14-29(46)35(54-11)24(7)36(48)43-28(39(51)52)18-25-15-16-26(40)19-27(25)41/h15-16,19,21-24,28-30,32-35,42H,12-14,17-18,20H2,1-11H3,(H,43,48)(H,44,49)(H,51,52)/t23?,24?,28?,29-,30?,32?,33?,34?,35?/m0/s1. The number of rotatable bonds is 21. The van der Waals surface area contributed by atoms with Gasteiger partial charge in [0.15, 0.2) is 0 Å². The monoisotopic (exact) mass is 799 g/mol. The van der Waals surface area contributed by atoms with Gasteiger partial charge < -0.3 is 40.3 Å². The van der Waals surface area contributed by atoms with E-state index in [1.807, 2.05) is 41.5 Å². The number of carboxylic acids is 1. The van der Waals surface area contributed by atoms with E-state index in [1.165, 1.54) is 20.3 Å². The van der Waals surface area contributed by atoms with Crippen LogP contribution in [-0.2, 0) is 39.9 Å². The van der Waals surface area contributed by atoms with E-state index < -0.39 is 60.2 Å². The number of amides is 4. The van der Waals surface area contributed by atoms with Gasteiger partial charge in [-0.2, -0.15) is 0 Å². The number of carbonyl (C=O) groups is 5. The quantitative estimate of drug-likeness (QED) is 0.141. The molecule has 306 valence electrons. The highest BCUT2D eigenvalue weighted by atomic mass is 35.5. The predicted octanol–water partition coefficient (Wildman–Crippen LogP) is 4.41. The van der Waals surface area contributed by atoms with Crippen molar-refractivity contribution >= 4 is 52.8 Å². The molecule has 1 saturated heterocycles. The Balaban J connectivity index is 2.28. The van der Waals surface area contributed by atoms with Crippen LogP contribution < -0.4 is 16.0 Å². The van der Waals surface area contributed by atoms with Crippen molar-refractivity contribution in [3.63, 3.8) is 0 Å². The molecule has 9 atom stereocenters. The summed E-state index contributed by atoms with van der Waals surface area (Å²) in [5.74, 6) is -3.56. The van der Waals surface area contributed by atoms with Crippen molar-refractivity contribution in [2.24, 2.45) is 23.7 Å². The summed E-state index contributed by atoms with van der Waals surface area (Å²) in [4.78, 5) is 70.5. The summed E-state index contributed by atoms with van der Waals surface area (Å²) in [5, 5.41) is 19.3. The van der Waals surface area contributed by atoms with E-state index in [2.05, 4.69) is 16.0 Å². The van der Waals surface area contributed by atoms with Crippen LogP contribution in [0.5, 0.6) is 0 Å². The highest BCUT2D eigenvalue weighted by molar-refractivity contribution is 6.35. The van der Waals surface area contributed by atoms with Crippen LogP contribution in [0.3, 0.4) is 0 Å². The van der Waals surface area contributed by atoms with E-state index in [0.717, 1.165) is 0 Å². The summed E-state index contributed by atoms with van der Waals surface area (Å²) in [6.45, 7) is 13.7. The number of halogens is 2. The molecule has 8 unspecified atom stereocenters. The first kappa shape index (κ1) is 47.2. The molecular weight excluding hydrogens is 737 g/mol. The number of methoxy groups -OCH3 is 2. The molecule has 54 heavy (non-hydrogen) atoms. The van der Waals surface area contributed by atoms with Gasteiger partial charge in [-0.3, -0.25) is 19.2 Å². The number of nitrogens with one attached hydrogen (secondary N) is 3. The minimum absolute atomic E-state index is 0.0123. The molecule has 13 nitrogen and oxygen atoms in total. The van der Waals surface area contributed by atoms with Gasteiger partial charge in [0.1, 0.15) is 12.1 Å². The van der Waals surface area contributed by atoms with Crippen LogP contribution >= 0.6 is 23.2 Å². The number of hydrogen-bond acceptors (Lipinski definition) is 8. The van der Waals surface area contributed by atoms with Crippen molar-refractivity contribution in [2.45, 2.75) is 123 Å². The molecule has 0 aliphatic carbocycles. The van der Waals surface area contributed by atoms with Gasteiger partial charge in [-0.25, -0.2) is 4.79 Å². The second kappa shape index (κ2) is 21.9. The van der Waals surface area contributed by atoms with Crippen LogP contribution in [0, 0.1) is 23.7 Å². The number of benzene rings is 1. The van der Waals surface area contributed by atoms with Crippen LogP contribution in [0.2, 0.25) is 10.0 Å². The lowest BCUT2D eigenvalue weighted by molar-refractivity contribution is -0.148. The van der Waals surface area contributed by atoms with Gasteiger partial charge in [0, 0.05) is 44.3 Å². The Kier molecular flexibility index (Phi) is 19.2. The number of likely N-dealkylation sites (N-methyl/N-ethyl adjacent to an activating group) is 2. The zero-order chi connectivity index (χ0) is 41.0. The van der Waals surface area contributed by atoms with Gasteiger partial charge in [-0.15, -0.1) is 0 Å². The maximum absolute atomic E-state index is 14.2. The molecule has 1 aromatic carbocycles. The number of likely N-dealkylation sites (tertiary alicyclic amines) is 1. The van der Waals surface area contributed by atoms with E-state index in [0.29, 0.717) is 41.4 Å². The number of aliphatic carboxylic acids is 1. The Morgan fingerprint density at radius 2 is 1.59 bits per heavy atom. The fourth-order valence-electron chi connectivity index (χ4n) is 7.46. The van der Waals surface area contributed by atoms with E-state index in [1.54, 1.807) is 43.0 Å². The summed E-state index contributed by atoms with van der Waals surface area (Å²) in [5.41, 5.74) is 0.519. The molecule has 4 amide bonds. The van der Waals surface area contributed by atoms with E-state index >= 15 is 0 Å². The van der Waals surface area contributed by atoms with Gasteiger partial charge in [0.05, 0.1) is 42.7 Å². The van der Waals surface area contributed by atoms with Gasteiger partial charge in [-0.05, 0) is 55.3 Å². The molecule has 0 aromatic heterocycles. The summed E-state index contributed by atoms with van der Waals surface area (Å²) in [6, 6.07) is 1.26. The first-order valence-electron chi connectivity index (χ1n) is 18.9. The molecule has 1 aliphatic rings. The SMILES string of the molecule is CCC(C)C(C(CC(=O)N1CCC[C@H]1C(OC)C(C)C(=O)NC(Cc1ccc(Cl)cc1Cl)C(=O)O)OC)N(C)C(=O)C(NC(=O)C(NC)C(C)C)C(C)C. The van der Waals surface area contributed by atoms with Crippen LogP contribution in [-0.4, -0.2) is 122 Å². The Morgan fingerprint density at radius 1 is 0.963 bits per heavy atom. The molecule has 0 radical (unpaired) electrons. The van der Waals surface area contributed by atoms with Crippen molar-refractivity contribution < 1.29 is 38.6 Å². The topological polar surface area (TPSA) is 167 Å². The minimum Gasteiger partial charge on any atom is -0.480 e. The van der Waals surface area contributed by atoms with Gasteiger partial charge in [-0.1, -0.05) is 84.2 Å². The molecule has 1 fully saturated rings. The maximum Gasteiger partial charge on any atom is 0.326 e. The Bertz CT molecular complexity index is 1430.